The average Bonchev–Trinajstić information content (AvgIpc) is 2.40. The van der Waals surface area contributed by atoms with Crippen LogP contribution in [0.3, 0.4) is 0 Å². The smallest absolute Gasteiger partial charge is 0.329 e. The number of rotatable bonds is 7. The third-order valence-electron chi connectivity index (χ3n) is 2.72. The van der Waals surface area contributed by atoms with Crippen molar-refractivity contribution in [3.05, 3.63) is 0 Å². The SMILES string of the molecule is CCOC(=O)[C@H](CSC(=O)[C@H](C)NC(C)=O)NC(=O)C(C)(C)C. The zero-order valence-corrected chi connectivity index (χ0v) is 15.3. The predicted molar refractivity (Wildman–Crippen MR) is 88.8 cm³/mol. The van der Waals surface area contributed by atoms with E-state index in [1.165, 1.54) is 6.92 Å². The number of hydrogen-bond acceptors (Lipinski definition) is 6. The van der Waals surface area contributed by atoms with Gasteiger partial charge in [0.25, 0.3) is 0 Å². The zero-order valence-electron chi connectivity index (χ0n) is 14.5. The van der Waals surface area contributed by atoms with Crippen LogP contribution in [-0.2, 0) is 23.9 Å². The highest BCUT2D eigenvalue weighted by Crippen LogP contribution is 2.15. The van der Waals surface area contributed by atoms with E-state index in [4.69, 9.17) is 4.74 Å². The molecule has 2 atom stereocenters. The summed E-state index contributed by atoms with van der Waals surface area (Å²) in [4.78, 5) is 46.8. The van der Waals surface area contributed by atoms with E-state index in [1.807, 2.05) is 0 Å². The summed E-state index contributed by atoms with van der Waals surface area (Å²) < 4.78 is 4.93. The maximum Gasteiger partial charge on any atom is 0.329 e. The van der Waals surface area contributed by atoms with E-state index in [1.54, 1.807) is 34.6 Å². The number of nitrogens with one attached hydrogen (secondary N) is 2. The molecule has 0 unspecified atom stereocenters. The van der Waals surface area contributed by atoms with Crippen LogP contribution in [-0.4, -0.2) is 47.3 Å². The van der Waals surface area contributed by atoms with Crippen LogP contribution in [0.5, 0.6) is 0 Å². The summed E-state index contributed by atoms with van der Waals surface area (Å²) in [6, 6.07) is -1.58. The quantitative estimate of drug-likeness (QED) is 0.663. The van der Waals surface area contributed by atoms with Crippen LogP contribution < -0.4 is 10.6 Å². The normalized spacial score (nSPS) is 13.7. The van der Waals surface area contributed by atoms with E-state index >= 15 is 0 Å². The van der Waals surface area contributed by atoms with Gasteiger partial charge in [0.05, 0.1) is 12.6 Å². The summed E-state index contributed by atoms with van der Waals surface area (Å²) in [5.41, 5.74) is -0.664. The minimum Gasteiger partial charge on any atom is -0.464 e. The highest BCUT2D eigenvalue weighted by atomic mass is 32.2. The molecule has 0 heterocycles. The molecule has 8 heteroatoms. The van der Waals surface area contributed by atoms with Gasteiger partial charge < -0.3 is 15.4 Å². The lowest BCUT2D eigenvalue weighted by Gasteiger charge is -2.23. The van der Waals surface area contributed by atoms with E-state index in [0.717, 1.165) is 11.8 Å². The lowest BCUT2D eigenvalue weighted by atomic mass is 9.95. The third kappa shape index (κ3) is 8.59. The van der Waals surface area contributed by atoms with Crippen molar-refractivity contribution >= 4 is 34.7 Å². The first-order chi connectivity index (χ1) is 10.5. The molecule has 0 saturated heterocycles. The Labute approximate surface area is 141 Å². The molecular formula is C15H26N2O5S. The first kappa shape index (κ1) is 21.4. The Morgan fingerprint density at radius 3 is 2.13 bits per heavy atom. The van der Waals surface area contributed by atoms with Crippen LogP contribution in [0.2, 0.25) is 0 Å². The van der Waals surface area contributed by atoms with Crippen molar-refractivity contribution in [1.29, 1.82) is 0 Å². The van der Waals surface area contributed by atoms with Crippen molar-refractivity contribution in [3.63, 3.8) is 0 Å². The van der Waals surface area contributed by atoms with Gasteiger partial charge in [-0.25, -0.2) is 4.79 Å². The first-order valence-electron chi connectivity index (χ1n) is 7.40. The molecular weight excluding hydrogens is 320 g/mol. The van der Waals surface area contributed by atoms with Gasteiger partial charge in [0.15, 0.2) is 0 Å². The summed E-state index contributed by atoms with van der Waals surface area (Å²) in [6.07, 6.45) is 0. The van der Waals surface area contributed by atoms with Crippen LogP contribution >= 0.6 is 11.8 Å². The Kier molecular flexibility index (Phi) is 8.89. The lowest BCUT2D eigenvalue weighted by molar-refractivity contribution is -0.147. The van der Waals surface area contributed by atoms with Gasteiger partial charge in [-0.1, -0.05) is 32.5 Å². The molecule has 0 aromatic heterocycles. The number of amides is 2. The predicted octanol–water partition coefficient (Wildman–Crippen LogP) is 0.865. The first-order valence-corrected chi connectivity index (χ1v) is 8.39. The Balaban J connectivity index is 4.77. The molecule has 0 saturated carbocycles. The minimum absolute atomic E-state index is 0.0451. The Bertz CT molecular complexity index is 459. The van der Waals surface area contributed by atoms with E-state index in [2.05, 4.69) is 10.6 Å². The van der Waals surface area contributed by atoms with Crippen molar-refractivity contribution in [2.45, 2.75) is 53.6 Å². The highest BCUT2D eigenvalue weighted by molar-refractivity contribution is 8.13. The van der Waals surface area contributed by atoms with Crippen LogP contribution in [0, 0.1) is 5.41 Å². The molecule has 132 valence electrons. The van der Waals surface area contributed by atoms with E-state index < -0.39 is 23.5 Å². The van der Waals surface area contributed by atoms with Crippen molar-refractivity contribution in [2.24, 2.45) is 5.41 Å². The van der Waals surface area contributed by atoms with E-state index in [0.29, 0.717) is 0 Å². The van der Waals surface area contributed by atoms with Crippen molar-refractivity contribution in [1.82, 2.24) is 10.6 Å². The van der Waals surface area contributed by atoms with Crippen molar-refractivity contribution in [2.75, 3.05) is 12.4 Å². The monoisotopic (exact) mass is 346 g/mol. The summed E-state index contributed by atoms with van der Waals surface area (Å²) >= 11 is 0.872. The molecule has 2 N–H and O–H groups in total. The molecule has 0 bridgehead atoms. The standard InChI is InChI=1S/C15H26N2O5S/c1-7-22-12(19)11(17-14(21)15(4,5)6)8-23-13(20)9(2)16-10(3)18/h9,11H,7-8H2,1-6H3,(H,16,18)(H,17,21)/t9-,11-/m0/s1. The Hall–Kier alpha value is -1.57. The number of hydrogen-bond donors (Lipinski definition) is 2. The average molecular weight is 346 g/mol. The molecule has 0 aliphatic carbocycles. The van der Waals surface area contributed by atoms with Gasteiger partial charge in [-0.15, -0.1) is 0 Å². The molecule has 2 amide bonds. The van der Waals surface area contributed by atoms with Crippen LogP contribution in [0.1, 0.15) is 41.5 Å². The van der Waals surface area contributed by atoms with Crippen LogP contribution in [0.25, 0.3) is 0 Å². The maximum atomic E-state index is 12.0. The van der Waals surface area contributed by atoms with Gasteiger partial charge in [0.2, 0.25) is 16.9 Å². The number of carbonyl (C=O) groups excluding carboxylic acids is 4. The van der Waals surface area contributed by atoms with Crippen LogP contribution in [0.4, 0.5) is 0 Å². The molecule has 0 rings (SSSR count). The Morgan fingerprint density at radius 1 is 1.13 bits per heavy atom. The van der Waals surface area contributed by atoms with Crippen molar-refractivity contribution < 1.29 is 23.9 Å². The fourth-order valence-corrected chi connectivity index (χ4v) is 2.30. The zero-order chi connectivity index (χ0) is 18.2. The van der Waals surface area contributed by atoms with Gasteiger partial charge in [0, 0.05) is 18.1 Å². The molecule has 0 radical (unpaired) electrons. The van der Waals surface area contributed by atoms with Crippen LogP contribution in [0.15, 0.2) is 0 Å². The lowest BCUT2D eigenvalue weighted by Crippen LogP contribution is -2.48. The summed E-state index contributed by atoms with van der Waals surface area (Å²) in [7, 11) is 0. The van der Waals surface area contributed by atoms with Gasteiger partial charge in [-0.05, 0) is 13.8 Å². The molecule has 0 aromatic carbocycles. The summed E-state index contributed by atoms with van der Waals surface area (Å²) in [6.45, 7) is 9.90. The fourth-order valence-electron chi connectivity index (χ4n) is 1.44. The molecule has 0 aliphatic rings. The van der Waals surface area contributed by atoms with Gasteiger partial charge >= 0.3 is 5.97 Å². The minimum atomic E-state index is -0.917. The molecule has 0 spiro atoms. The summed E-state index contributed by atoms with van der Waals surface area (Å²) in [5, 5.41) is 4.78. The number of ether oxygens (including phenoxy) is 1. The Morgan fingerprint density at radius 2 is 1.70 bits per heavy atom. The molecule has 7 nitrogen and oxygen atoms in total. The maximum absolute atomic E-state index is 12.0. The molecule has 0 fully saturated rings. The second-order valence-electron chi connectivity index (χ2n) is 6.08. The largest absolute Gasteiger partial charge is 0.464 e. The number of thioether (sulfide) groups is 1. The van der Waals surface area contributed by atoms with Gasteiger partial charge in [-0.3, -0.25) is 14.4 Å². The van der Waals surface area contributed by atoms with Gasteiger partial charge in [0.1, 0.15) is 6.04 Å². The molecule has 0 aromatic rings. The van der Waals surface area contributed by atoms with Gasteiger partial charge in [-0.2, -0.15) is 0 Å². The molecule has 0 aliphatic heterocycles. The molecule has 23 heavy (non-hydrogen) atoms. The second kappa shape index (κ2) is 9.54. The number of carbonyl (C=O) groups is 4. The van der Waals surface area contributed by atoms with E-state index in [9.17, 15) is 19.2 Å². The van der Waals surface area contributed by atoms with Crippen molar-refractivity contribution in [3.8, 4) is 0 Å². The van der Waals surface area contributed by atoms with E-state index in [-0.39, 0.29) is 29.3 Å². The topological polar surface area (TPSA) is 102 Å². The second-order valence-corrected chi connectivity index (χ2v) is 7.10. The number of esters is 1. The fraction of sp³-hybridized carbons (Fsp3) is 0.733. The highest BCUT2D eigenvalue weighted by Gasteiger charge is 2.29. The summed E-state index contributed by atoms with van der Waals surface area (Å²) in [5.74, 6) is -1.16. The third-order valence-corrected chi connectivity index (χ3v) is 3.86.